The predicted molar refractivity (Wildman–Crippen MR) is 64.0 cm³/mol. The van der Waals surface area contributed by atoms with Gasteiger partial charge in [-0.05, 0) is 25.7 Å². The molecule has 1 aromatic rings. The second-order valence-corrected chi connectivity index (χ2v) is 4.66. The van der Waals surface area contributed by atoms with Crippen molar-refractivity contribution in [3.63, 3.8) is 0 Å². The predicted octanol–water partition coefficient (Wildman–Crippen LogP) is 2.17. The van der Waals surface area contributed by atoms with E-state index in [1.165, 1.54) is 31.7 Å². The van der Waals surface area contributed by atoms with Crippen molar-refractivity contribution >= 4 is 11.8 Å². The standard InChI is InChI=1S/C12H17N3O2/c1-8(2-3-9-4-5-9)15-11-7-13-10(6-14-11)12(16)17/h6-9H,2-5H2,1H3,(H,14,15)(H,16,17). The minimum atomic E-state index is -1.05. The van der Waals surface area contributed by atoms with Gasteiger partial charge < -0.3 is 10.4 Å². The number of hydrogen-bond donors (Lipinski definition) is 2. The SMILES string of the molecule is CC(CCC1CC1)Nc1cnc(C(=O)O)cn1. The van der Waals surface area contributed by atoms with E-state index in [9.17, 15) is 4.79 Å². The molecule has 0 aromatic carbocycles. The number of aromatic carboxylic acids is 1. The Morgan fingerprint density at radius 1 is 1.53 bits per heavy atom. The third-order valence-electron chi connectivity index (χ3n) is 2.97. The first-order chi connectivity index (χ1) is 8.15. The molecule has 0 aliphatic heterocycles. The van der Waals surface area contributed by atoms with E-state index in [0.29, 0.717) is 11.9 Å². The molecule has 2 rings (SSSR count). The van der Waals surface area contributed by atoms with Crippen LogP contribution in [0.15, 0.2) is 12.4 Å². The molecule has 1 heterocycles. The van der Waals surface area contributed by atoms with Crippen LogP contribution in [0, 0.1) is 5.92 Å². The molecule has 5 heteroatoms. The van der Waals surface area contributed by atoms with E-state index in [1.54, 1.807) is 0 Å². The highest BCUT2D eigenvalue weighted by molar-refractivity contribution is 5.84. The van der Waals surface area contributed by atoms with Gasteiger partial charge in [0, 0.05) is 6.04 Å². The molecular formula is C12H17N3O2. The Balaban J connectivity index is 1.82. The number of aromatic nitrogens is 2. The number of carboxylic acid groups (broad SMARTS) is 1. The number of carbonyl (C=O) groups is 1. The second-order valence-electron chi connectivity index (χ2n) is 4.66. The maximum Gasteiger partial charge on any atom is 0.356 e. The number of anilines is 1. The van der Waals surface area contributed by atoms with E-state index in [-0.39, 0.29) is 5.69 Å². The summed E-state index contributed by atoms with van der Waals surface area (Å²) in [5.41, 5.74) is -0.0267. The fraction of sp³-hybridized carbons (Fsp3) is 0.583. The van der Waals surface area contributed by atoms with Crippen molar-refractivity contribution in [2.45, 2.75) is 38.6 Å². The Morgan fingerprint density at radius 2 is 2.29 bits per heavy atom. The van der Waals surface area contributed by atoms with Gasteiger partial charge in [-0.2, -0.15) is 0 Å². The van der Waals surface area contributed by atoms with Crippen LogP contribution in [0.3, 0.4) is 0 Å². The van der Waals surface area contributed by atoms with Crippen LogP contribution in [0.25, 0.3) is 0 Å². The van der Waals surface area contributed by atoms with Crippen LogP contribution in [0.5, 0.6) is 0 Å². The molecule has 1 unspecified atom stereocenters. The van der Waals surface area contributed by atoms with Gasteiger partial charge >= 0.3 is 5.97 Å². The molecule has 0 bridgehead atoms. The second kappa shape index (κ2) is 5.12. The number of nitrogens with one attached hydrogen (secondary N) is 1. The molecule has 0 saturated heterocycles. The highest BCUT2D eigenvalue weighted by atomic mass is 16.4. The molecule has 0 spiro atoms. The van der Waals surface area contributed by atoms with Crippen molar-refractivity contribution in [3.8, 4) is 0 Å². The molecule has 1 aliphatic rings. The summed E-state index contributed by atoms with van der Waals surface area (Å²) in [5, 5.41) is 11.9. The van der Waals surface area contributed by atoms with Crippen LogP contribution in [-0.2, 0) is 0 Å². The van der Waals surface area contributed by atoms with Crippen LogP contribution in [0.4, 0.5) is 5.82 Å². The number of nitrogens with zero attached hydrogens (tertiary/aromatic N) is 2. The number of rotatable bonds is 6. The first-order valence-corrected chi connectivity index (χ1v) is 5.97. The smallest absolute Gasteiger partial charge is 0.356 e. The highest BCUT2D eigenvalue weighted by Gasteiger charge is 2.21. The Morgan fingerprint density at radius 3 is 2.82 bits per heavy atom. The van der Waals surface area contributed by atoms with Crippen molar-refractivity contribution < 1.29 is 9.90 Å². The van der Waals surface area contributed by atoms with E-state index in [2.05, 4.69) is 22.2 Å². The van der Waals surface area contributed by atoms with Crippen molar-refractivity contribution in [1.29, 1.82) is 0 Å². The quantitative estimate of drug-likeness (QED) is 0.790. The molecule has 1 aromatic heterocycles. The van der Waals surface area contributed by atoms with Gasteiger partial charge in [0.25, 0.3) is 0 Å². The number of hydrogen-bond acceptors (Lipinski definition) is 4. The summed E-state index contributed by atoms with van der Waals surface area (Å²) in [6.07, 6.45) is 7.87. The molecule has 1 atom stereocenters. The average Bonchev–Trinajstić information content (AvgIpc) is 3.11. The van der Waals surface area contributed by atoms with Gasteiger partial charge in [-0.3, -0.25) is 0 Å². The molecular weight excluding hydrogens is 218 g/mol. The molecule has 5 nitrogen and oxygen atoms in total. The molecule has 1 fully saturated rings. The molecule has 92 valence electrons. The van der Waals surface area contributed by atoms with E-state index in [1.807, 2.05) is 0 Å². The first kappa shape index (κ1) is 11.8. The zero-order valence-corrected chi connectivity index (χ0v) is 9.89. The van der Waals surface area contributed by atoms with E-state index in [0.717, 1.165) is 12.3 Å². The fourth-order valence-electron chi connectivity index (χ4n) is 1.73. The summed E-state index contributed by atoms with van der Waals surface area (Å²) in [6.45, 7) is 2.11. The summed E-state index contributed by atoms with van der Waals surface area (Å²) in [4.78, 5) is 18.4. The van der Waals surface area contributed by atoms with Gasteiger partial charge in [-0.1, -0.05) is 12.8 Å². The average molecular weight is 235 g/mol. The maximum absolute atomic E-state index is 10.6. The topological polar surface area (TPSA) is 75.1 Å². The lowest BCUT2D eigenvalue weighted by Gasteiger charge is -2.13. The lowest BCUT2D eigenvalue weighted by Crippen LogP contribution is -2.16. The molecule has 17 heavy (non-hydrogen) atoms. The Hall–Kier alpha value is -1.65. The summed E-state index contributed by atoms with van der Waals surface area (Å²) in [6, 6.07) is 0.348. The monoisotopic (exact) mass is 235 g/mol. The normalized spacial score (nSPS) is 16.5. The van der Waals surface area contributed by atoms with Gasteiger partial charge in [-0.15, -0.1) is 0 Å². The Kier molecular flexibility index (Phi) is 3.56. The van der Waals surface area contributed by atoms with Crippen LogP contribution in [-0.4, -0.2) is 27.1 Å². The molecule has 0 radical (unpaired) electrons. The fourth-order valence-corrected chi connectivity index (χ4v) is 1.73. The summed E-state index contributed by atoms with van der Waals surface area (Å²) in [5.74, 6) is 0.517. The summed E-state index contributed by atoms with van der Waals surface area (Å²) < 4.78 is 0. The van der Waals surface area contributed by atoms with E-state index < -0.39 is 5.97 Å². The molecule has 1 aliphatic carbocycles. The van der Waals surface area contributed by atoms with Crippen LogP contribution >= 0.6 is 0 Å². The van der Waals surface area contributed by atoms with E-state index >= 15 is 0 Å². The van der Waals surface area contributed by atoms with Crippen LogP contribution < -0.4 is 5.32 Å². The molecule has 2 N–H and O–H groups in total. The van der Waals surface area contributed by atoms with Gasteiger partial charge in [-0.25, -0.2) is 14.8 Å². The number of carboxylic acids is 1. The molecule has 0 amide bonds. The summed E-state index contributed by atoms with van der Waals surface area (Å²) in [7, 11) is 0. The lowest BCUT2D eigenvalue weighted by molar-refractivity contribution is 0.0690. The minimum absolute atomic E-state index is 0.0267. The van der Waals surface area contributed by atoms with Gasteiger partial charge in [0.1, 0.15) is 5.82 Å². The lowest BCUT2D eigenvalue weighted by atomic mass is 10.1. The van der Waals surface area contributed by atoms with Gasteiger partial charge in [0.15, 0.2) is 5.69 Å². The van der Waals surface area contributed by atoms with Crippen LogP contribution in [0.2, 0.25) is 0 Å². The third-order valence-corrected chi connectivity index (χ3v) is 2.97. The summed E-state index contributed by atoms with van der Waals surface area (Å²) >= 11 is 0. The minimum Gasteiger partial charge on any atom is -0.476 e. The Bertz CT molecular complexity index is 387. The van der Waals surface area contributed by atoms with Crippen molar-refractivity contribution in [2.75, 3.05) is 5.32 Å². The Labute approximate surface area is 100 Å². The highest BCUT2D eigenvalue weighted by Crippen LogP contribution is 2.34. The van der Waals surface area contributed by atoms with E-state index in [4.69, 9.17) is 5.11 Å². The third kappa shape index (κ3) is 3.69. The largest absolute Gasteiger partial charge is 0.476 e. The van der Waals surface area contributed by atoms with Gasteiger partial charge in [0.05, 0.1) is 12.4 Å². The van der Waals surface area contributed by atoms with Gasteiger partial charge in [0.2, 0.25) is 0 Å². The molecule has 1 saturated carbocycles. The van der Waals surface area contributed by atoms with Crippen molar-refractivity contribution in [3.05, 3.63) is 18.1 Å². The van der Waals surface area contributed by atoms with Crippen LogP contribution in [0.1, 0.15) is 43.1 Å². The zero-order valence-electron chi connectivity index (χ0n) is 9.89. The zero-order chi connectivity index (χ0) is 12.3. The first-order valence-electron chi connectivity index (χ1n) is 5.97. The maximum atomic E-state index is 10.6. The van der Waals surface area contributed by atoms with Crippen molar-refractivity contribution in [2.24, 2.45) is 5.92 Å². The van der Waals surface area contributed by atoms with Crippen molar-refractivity contribution in [1.82, 2.24) is 9.97 Å².